The lowest BCUT2D eigenvalue weighted by Crippen LogP contribution is -2.38. The fraction of sp³-hybridized carbons (Fsp3) is 0.875. The molecule has 0 amide bonds. The second kappa shape index (κ2) is 6.70. The van der Waals surface area contributed by atoms with Gasteiger partial charge in [0.25, 0.3) is 0 Å². The molecule has 3 atom stereocenters. The third-order valence-electron chi connectivity index (χ3n) is 5.28. The number of nitrogens with zero attached hydrogens (tertiary/aromatic N) is 4. The van der Waals surface area contributed by atoms with Gasteiger partial charge in [0.2, 0.25) is 0 Å². The number of aryl methyl sites for hydroxylation is 1. The maximum atomic E-state index is 4.15. The Morgan fingerprint density at radius 2 is 1.95 bits per heavy atom. The van der Waals surface area contributed by atoms with Crippen LogP contribution in [0.4, 0.5) is 0 Å². The highest BCUT2D eigenvalue weighted by Crippen LogP contribution is 2.39. The van der Waals surface area contributed by atoms with E-state index < -0.39 is 0 Å². The van der Waals surface area contributed by atoms with Gasteiger partial charge in [0.05, 0.1) is 0 Å². The first-order chi connectivity index (χ1) is 9.84. The predicted molar refractivity (Wildman–Crippen MR) is 80.4 cm³/mol. The summed E-state index contributed by atoms with van der Waals surface area (Å²) < 4.78 is 1.94. The van der Waals surface area contributed by atoms with Crippen molar-refractivity contribution in [3.63, 3.8) is 0 Å². The van der Waals surface area contributed by atoms with Crippen molar-refractivity contribution in [1.82, 2.24) is 19.7 Å². The molecule has 0 unspecified atom stereocenters. The molecule has 0 bridgehead atoms. The van der Waals surface area contributed by atoms with E-state index >= 15 is 0 Å². The predicted octanol–water partition coefficient (Wildman–Crippen LogP) is 3.10. The molecule has 4 heteroatoms. The number of likely N-dealkylation sites (tertiary alicyclic amines) is 1. The Labute approximate surface area is 122 Å². The van der Waals surface area contributed by atoms with Crippen molar-refractivity contribution >= 4 is 0 Å². The zero-order valence-electron chi connectivity index (χ0n) is 12.7. The number of hydrogen-bond acceptors (Lipinski definition) is 3. The van der Waals surface area contributed by atoms with E-state index in [1.54, 1.807) is 6.33 Å². The van der Waals surface area contributed by atoms with Gasteiger partial charge in [0, 0.05) is 18.6 Å². The molecule has 1 aromatic rings. The van der Waals surface area contributed by atoms with E-state index in [9.17, 15) is 0 Å². The molecule has 1 saturated heterocycles. The molecular formula is C16H28N4. The number of fused-ring (bicyclic) bond motifs is 1. The van der Waals surface area contributed by atoms with Crippen molar-refractivity contribution < 1.29 is 0 Å². The summed E-state index contributed by atoms with van der Waals surface area (Å²) in [6.45, 7) is 4.76. The molecule has 20 heavy (non-hydrogen) atoms. The van der Waals surface area contributed by atoms with Crippen LogP contribution < -0.4 is 0 Å². The van der Waals surface area contributed by atoms with E-state index in [0.29, 0.717) is 0 Å². The summed E-state index contributed by atoms with van der Waals surface area (Å²) in [4.78, 5) is 6.80. The molecular weight excluding hydrogens is 248 g/mol. The standard InChI is InChI=1S/C16H28N4/c1-14-11-15-7-3-4-8-16(15)20(14)10-6-2-5-9-19-13-17-12-18-19/h12-16H,2-11H2,1H3/t14-,15+,16-/m1/s1. The van der Waals surface area contributed by atoms with Crippen LogP contribution in [0, 0.1) is 5.92 Å². The van der Waals surface area contributed by atoms with E-state index in [2.05, 4.69) is 21.9 Å². The zero-order valence-corrected chi connectivity index (χ0v) is 12.7. The first-order valence-corrected chi connectivity index (χ1v) is 8.43. The van der Waals surface area contributed by atoms with Gasteiger partial charge in [-0.15, -0.1) is 0 Å². The van der Waals surface area contributed by atoms with Gasteiger partial charge in [-0.2, -0.15) is 5.10 Å². The normalized spacial score (nSPS) is 30.6. The minimum absolute atomic E-state index is 0.818. The van der Waals surface area contributed by atoms with Gasteiger partial charge in [0.15, 0.2) is 0 Å². The quantitative estimate of drug-likeness (QED) is 0.749. The third-order valence-corrected chi connectivity index (χ3v) is 5.28. The Morgan fingerprint density at radius 1 is 1.10 bits per heavy atom. The number of hydrogen-bond donors (Lipinski definition) is 0. The van der Waals surface area contributed by atoms with Gasteiger partial charge in [-0.1, -0.05) is 19.3 Å². The summed E-state index contributed by atoms with van der Waals surface area (Å²) in [5.74, 6) is 1.01. The van der Waals surface area contributed by atoms with Crippen molar-refractivity contribution in [3.05, 3.63) is 12.7 Å². The summed E-state index contributed by atoms with van der Waals surface area (Å²) in [6.07, 6.45) is 14.6. The maximum absolute atomic E-state index is 4.15. The number of unbranched alkanes of at least 4 members (excludes halogenated alkanes) is 2. The second-order valence-corrected chi connectivity index (χ2v) is 6.65. The largest absolute Gasteiger partial charge is 0.297 e. The average Bonchev–Trinajstić information content (AvgIpc) is 3.06. The average molecular weight is 276 g/mol. The minimum Gasteiger partial charge on any atom is -0.297 e. The molecule has 3 rings (SSSR count). The Hall–Kier alpha value is -0.900. The van der Waals surface area contributed by atoms with Crippen molar-refractivity contribution in [2.45, 2.75) is 76.9 Å². The van der Waals surface area contributed by atoms with Crippen molar-refractivity contribution in [2.24, 2.45) is 5.92 Å². The monoisotopic (exact) mass is 276 g/mol. The second-order valence-electron chi connectivity index (χ2n) is 6.65. The molecule has 0 N–H and O–H groups in total. The molecule has 0 spiro atoms. The van der Waals surface area contributed by atoms with Crippen LogP contribution in [0.5, 0.6) is 0 Å². The Morgan fingerprint density at radius 3 is 2.80 bits per heavy atom. The molecule has 0 aromatic carbocycles. The fourth-order valence-electron chi connectivity index (χ4n) is 4.28. The van der Waals surface area contributed by atoms with E-state index in [4.69, 9.17) is 0 Å². The summed E-state index contributed by atoms with van der Waals surface area (Å²) in [5, 5.41) is 4.15. The van der Waals surface area contributed by atoms with E-state index in [0.717, 1.165) is 24.5 Å². The lowest BCUT2D eigenvalue weighted by Gasteiger charge is -2.33. The van der Waals surface area contributed by atoms with E-state index in [1.807, 2.05) is 11.0 Å². The van der Waals surface area contributed by atoms with Gasteiger partial charge >= 0.3 is 0 Å². The van der Waals surface area contributed by atoms with Crippen LogP contribution in [0.1, 0.15) is 58.3 Å². The van der Waals surface area contributed by atoms with Crippen LogP contribution >= 0.6 is 0 Å². The van der Waals surface area contributed by atoms with Crippen LogP contribution in [-0.2, 0) is 6.54 Å². The fourth-order valence-corrected chi connectivity index (χ4v) is 4.28. The smallest absolute Gasteiger partial charge is 0.137 e. The first kappa shape index (κ1) is 14.1. The van der Waals surface area contributed by atoms with E-state index in [-0.39, 0.29) is 0 Å². The molecule has 112 valence electrons. The summed E-state index contributed by atoms with van der Waals surface area (Å²) >= 11 is 0. The highest BCUT2D eigenvalue weighted by molar-refractivity contribution is 4.93. The molecule has 1 aliphatic carbocycles. The lowest BCUT2D eigenvalue weighted by atomic mass is 9.85. The number of rotatable bonds is 6. The minimum atomic E-state index is 0.818. The van der Waals surface area contributed by atoms with Crippen LogP contribution in [0.15, 0.2) is 12.7 Å². The highest BCUT2D eigenvalue weighted by atomic mass is 15.3. The Balaban J connectivity index is 1.37. The molecule has 1 aliphatic heterocycles. The summed E-state index contributed by atoms with van der Waals surface area (Å²) in [5.41, 5.74) is 0. The number of aromatic nitrogens is 3. The molecule has 0 radical (unpaired) electrons. The Bertz CT molecular complexity index is 389. The van der Waals surface area contributed by atoms with E-state index in [1.165, 1.54) is 57.9 Å². The molecule has 2 aliphatic rings. The zero-order chi connectivity index (χ0) is 13.8. The van der Waals surface area contributed by atoms with Gasteiger partial charge < -0.3 is 0 Å². The topological polar surface area (TPSA) is 34.0 Å². The highest BCUT2D eigenvalue weighted by Gasteiger charge is 2.39. The van der Waals surface area contributed by atoms with Crippen molar-refractivity contribution in [1.29, 1.82) is 0 Å². The maximum Gasteiger partial charge on any atom is 0.137 e. The Kier molecular flexibility index (Phi) is 4.71. The van der Waals surface area contributed by atoms with Gasteiger partial charge in [0.1, 0.15) is 12.7 Å². The van der Waals surface area contributed by atoms with Crippen LogP contribution in [-0.4, -0.2) is 38.3 Å². The molecule has 2 heterocycles. The third kappa shape index (κ3) is 3.22. The lowest BCUT2D eigenvalue weighted by molar-refractivity contribution is 0.153. The SMILES string of the molecule is C[C@@H]1C[C@@H]2CCCC[C@H]2N1CCCCCn1cncn1. The first-order valence-electron chi connectivity index (χ1n) is 8.43. The van der Waals surface area contributed by atoms with Crippen molar-refractivity contribution in [3.8, 4) is 0 Å². The van der Waals surface area contributed by atoms with Crippen LogP contribution in [0.25, 0.3) is 0 Å². The van der Waals surface area contributed by atoms with Gasteiger partial charge in [-0.25, -0.2) is 4.98 Å². The molecule has 4 nitrogen and oxygen atoms in total. The molecule has 1 aromatic heterocycles. The van der Waals surface area contributed by atoms with Crippen LogP contribution in [0.2, 0.25) is 0 Å². The van der Waals surface area contributed by atoms with Crippen LogP contribution in [0.3, 0.4) is 0 Å². The van der Waals surface area contributed by atoms with Crippen molar-refractivity contribution in [2.75, 3.05) is 6.54 Å². The summed E-state index contributed by atoms with van der Waals surface area (Å²) in [6, 6.07) is 1.73. The van der Waals surface area contributed by atoms with Gasteiger partial charge in [-0.3, -0.25) is 9.58 Å². The summed E-state index contributed by atoms with van der Waals surface area (Å²) in [7, 11) is 0. The molecule has 2 fully saturated rings. The molecule has 1 saturated carbocycles. The van der Waals surface area contributed by atoms with Gasteiger partial charge in [-0.05, 0) is 51.5 Å².